The molecule has 0 aromatic rings. The van der Waals surface area contributed by atoms with Crippen LogP contribution in [0.25, 0.3) is 0 Å². The summed E-state index contributed by atoms with van der Waals surface area (Å²) in [7, 11) is 0. The quantitative estimate of drug-likeness (QED) is 0.0207. The van der Waals surface area contributed by atoms with Crippen molar-refractivity contribution in [3.8, 4) is 0 Å². The normalized spacial score (nSPS) is 13.3. The zero-order valence-corrected chi connectivity index (χ0v) is 35.3. The van der Waals surface area contributed by atoms with Crippen LogP contribution in [-0.2, 0) is 28.6 Å². The van der Waals surface area contributed by atoms with Gasteiger partial charge in [-0.25, -0.2) is 0 Å². The molecule has 0 spiro atoms. The summed E-state index contributed by atoms with van der Waals surface area (Å²) >= 11 is 0. The predicted octanol–water partition coefficient (Wildman–Crippen LogP) is 13.8. The van der Waals surface area contributed by atoms with Crippen molar-refractivity contribution in [2.45, 2.75) is 162 Å². The van der Waals surface area contributed by atoms with Crippen molar-refractivity contribution in [1.29, 1.82) is 0 Å². The molecule has 0 aliphatic carbocycles. The highest BCUT2D eigenvalue weighted by atomic mass is 16.6. The molecule has 0 fully saturated rings. The minimum Gasteiger partial charge on any atom is -0.462 e. The first-order chi connectivity index (χ1) is 27.5. The Hall–Kier alpha value is -4.19. The van der Waals surface area contributed by atoms with E-state index in [1.165, 1.54) is 0 Å². The molecular formula is C50H76O6. The molecule has 0 amide bonds. The Labute approximate surface area is 342 Å². The zero-order chi connectivity index (χ0) is 40.8. The summed E-state index contributed by atoms with van der Waals surface area (Å²) in [5.41, 5.74) is 0. The van der Waals surface area contributed by atoms with E-state index in [0.717, 1.165) is 116 Å². The third kappa shape index (κ3) is 41.0. The van der Waals surface area contributed by atoms with E-state index < -0.39 is 6.10 Å². The van der Waals surface area contributed by atoms with Crippen molar-refractivity contribution in [2.24, 2.45) is 0 Å². The lowest BCUT2D eigenvalue weighted by Crippen LogP contribution is -2.30. The molecule has 0 aromatic carbocycles. The summed E-state index contributed by atoms with van der Waals surface area (Å²) < 4.78 is 16.6. The molecule has 6 nitrogen and oxygen atoms in total. The van der Waals surface area contributed by atoms with Crippen molar-refractivity contribution in [1.82, 2.24) is 0 Å². The number of unbranched alkanes of at least 4 members (excludes halogenated alkanes) is 10. The molecule has 0 bridgehead atoms. The van der Waals surface area contributed by atoms with Gasteiger partial charge in [0.15, 0.2) is 6.10 Å². The summed E-state index contributed by atoms with van der Waals surface area (Å²) in [6.07, 6.45) is 59.0. The average Bonchev–Trinajstić information content (AvgIpc) is 3.19. The highest BCUT2D eigenvalue weighted by Crippen LogP contribution is 2.11. The van der Waals surface area contributed by atoms with Crippen molar-refractivity contribution in [3.05, 3.63) is 122 Å². The van der Waals surface area contributed by atoms with Crippen LogP contribution in [0.2, 0.25) is 0 Å². The third-order valence-corrected chi connectivity index (χ3v) is 8.35. The van der Waals surface area contributed by atoms with Crippen LogP contribution in [-0.4, -0.2) is 37.2 Å². The molecule has 0 rings (SSSR count). The Morgan fingerprint density at radius 3 is 1.25 bits per heavy atom. The van der Waals surface area contributed by atoms with Gasteiger partial charge >= 0.3 is 17.9 Å². The van der Waals surface area contributed by atoms with Gasteiger partial charge < -0.3 is 14.2 Å². The summed E-state index contributed by atoms with van der Waals surface area (Å²) in [6, 6.07) is 0. The van der Waals surface area contributed by atoms with E-state index in [1.807, 2.05) is 60.8 Å². The molecule has 0 aliphatic rings. The Morgan fingerprint density at radius 2 is 0.732 bits per heavy atom. The van der Waals surface area contributed by atoms with E-state index in [0.29, 0.717) is 12.8 Å². The molecule has 6 heteroatoms. The van der Waals surface area contributed by atoms with E-state index in [4.69, 9.17) is 14.2 Å². The van der Waals surface area contributed by atoms with Gasteiger partial charge in [0, 0.05) is 19.3 Å². The summed E-state index contributed by atoms with van der Waals surface area (Å²) in [5, 5.41) is 0. The van der Waals surface area contributed by atoms with Crippen LogP contribution in [0.1, 0.15) is 156 Å². The van der Waals surface area contributed by atoms with Crippen LogP contribution in [0.5, 0.6) is 0 Å². The number of ether oxygens (including phenoxy) is 3. The smallest absolute Gasteiger partial charge is 0.306 e. The van der Waals surface area contributed by atoms with Gasteiger partial charge in [-0.05, 0) is 89.9 Å². The van der Waals surface area contributed by atoms with Gasteiger partial charge in [-0.3, -0.25) is 14.4 Å². The monoisotopic (exact) mass is 773 g/mol. The van der Waals surface area contributed by atoms with Crippen molar-refractivity contribution >= 4 is 17.9 Å². The van der Waals surface area contributed by atoms with Crippen LogP contribution in [0.4, 0.5) is 0 Å². The fourth-order valence-electron chi connectivity index (χ4n) is 5.19. The summed E-state index contributed by atoms with van der Waals surface area (Å²) in [5.74, 6) is -1.03. The second-order valence-corrected chi connectivity index (χ2v) is 13.6. The zero-order valence-electron chi connectivity index (χ0n) is 35.3. The molecular weight excluding hydrogens is 697 g/mol. The Bertz CT molecular complexity index is 1260. The van der Waals surface area contributed by atoms with Crippen molar-refractivity contribution < 1.29 is 28.6 Å². The van der Waals surface area contributed by atoms with E-state index >= 15 is 0 Å². The minimum atomic E-state index is -0.817. The maximum absolute atomic E-state index is 12.7. The molecule has 56 heavy (non-hydrogen) atoms. The molecule has 1 atom stereocenters. The van der Waals surface area contributed by atoms with E-state index in [1.54, 1.807) is 0 Å². The number of carbonyl (C=O) groups excluding carboxylic acids is 3. The standard InChI is InChI=1S/C50H76O6/c1-4-7-10-13-16-19-21-23-24-25-26-27-29-31-34-37-40-43-49(52)55-46-47(45-54-48(51)42-39-36-33-30-18-15-12-9-6-3)56-50(53)44-41-38-35-32-28-22-20-17-14-11-8-5-2/h7-13,16-21,23-27,29-30,47H,4-6,14-15,22,28,31-46H2,1-3H3/b10-7-,11-8-,12-9-,16-13-,20-17-,21-19-,24-23-,26-25+,29-27-,30-18-. The second kappa shape index (κ2) is 43.5. The molecule has 1 unspecified atom stereocenters. The first kappa shape index (κ1) is 51.8. The minimum absolute atomic E-state index is 0.120. The number of allylic oxidation sites excluding steroid dienone is 20. The first-order valence-corrected chi connectivity index (χ1v) is 21.6. The van der Waals surface area contributed by atoms with Crippen molar-refractivity contribution in [3.63, 3.8) is 0 Å². The first-order valence-electron chi connectivity index (χ1n) is 21.6. The highest BCUT2D eigenvalue weighted by Gasteiger charge is 2.19. The molecule has 0 aliphatic heterocycles. The third-order valence-electron chi connectivity index (χ3n) is 8.35. The van der Waals surface area contributed by atoms with Gasteiger partial charge in [0.25, 0.3) is 0 Å². The SMILES string of the molecule is CC\C=C/C=C\C=C/C=C\C=C\C=C/CCCCCC(=O)OCC(COC(=O)CCCC/C=C\C/C=C\CC)OC(=O)CCCCCCC/C=C\C/C=C\CC. The molecule has 0 saturated carbocycles. The van der Waals surface area contributed by atoms with E-state index in [9.17, 15) is 14.4 Å². The highest BCUT2D eigenvalue weighted by molar-refractivity contribution is 5.71. The van der Waals surface area contributed by atoms with Crippen LogP contribution >= 0.6 is 0 Å². The number of hydrogen-bond acceptors (Lipinski definition) is 6. The fraction of sp³-hybridized carbons (Fsp3) is 0.540. The lowest BCUT2D eigenvalue weighted by atomic mass is 10.1. The maximum Gasteiger partial charge on any atom is 0.306 e. The Morgan fingerprint density at radius 1 is 0.375 bits per heavy atom. The predicted molar refractivity (Wildman–Crippen MR) is 237 cm³/mol. The number of carbonyl (C=O) groups is 3. The Kier molecular flexibility index (Phi) is 40.3. The van der Waals surface area contributed by atoms with E-state index in [-0.39, 0.29) is 37.5 Å². The number of rotatable bonds is 36. The second-order valence-electron chi connectivity index (χ2n) is 13.6. The summed E-state index contributed by atoms with van der Waals surface area (Å²) in [4.78, 5) is 37.6. The largest absolute Gasteiger partial charge is 0.462 e. The van der Waals surface area contributed by atoms with Crippen LogP contribution < -0.4 is 0 Å². The van der Waals surface area contributed by atoms with Crippen LogP contribution in [0, 0.1) is 0 Å². The molecule has 0 N–H and O–H groups in total. The molecule has 0 heterocycles. The number of hydrogen-bond donors (Lipinski definition) is 0. The lowest BCUT2D eigenvalue weighted by molar-refractivity contribution is -0.167. The fourth-order valence-corrected chi connectivity index (χ4v) is 5.19. The van der Waals surface area contributed by atoms with E-state index in [2.05, 4.69) is 81.5 Å². The van der Waals surface area contributed by atoms with Gasteiger partial charge in [-0.15, -0.1) is 0 Å². The average molecular weight is 773 g/mol. The van der Waals surface area contributed by atoms with Crippen LogP contribution in [0.3, 0.4) is 0 Å². The van der Waals surface area contributed by atoms with Gasteiger partial charge in [0.1, 0.15) is 13.2 Å². The van der Waals surface area contributed by atoms with Gasteiger partial charge in [-0.1, -0.05) is 168 Å². The molecule has 0 radical (unpaired) electrons. The Balaban J connectivity index is 4.53. The maximum atomic E-state index is 12.7. The molecule has 0 saturated heterocycles. The van der Waals surface area contributed by atoms with Crippen molar-refractivity contribution in [2.75, 3.05) is 13.2 Å². The summed E-state index contributed by atoms with van der Waals surface area (Å²) in [6.45, 7) is 6.13. The molecule has 312 valence electrons. The van der Waals surface area contributed by atoms with Gasteiger partial charge in [-0.2, -0.15) is 0 Å². The number of esters is 3. The van der Waals surface area contributed by atoms with Gasteiger partial charge in [0.2, 0.25) is 0 Å². The topological polar surface area (TPSA) is 78.9 Å². The van der Waals surface area contributed by atoms with Gasteiger partial charge in [0.05, 0.1) is 0 Å². The lowest BCUT2D eigenvalue weighted by Gasteiger charge is -2.18. The van der Waals surface area contributed by atoms with Crippen LogP contribution in [0.15, 0.2) is 122 Å². The molecule has 0 aromatic heterocycles.